The van der Waals surface area contributed by atoms with Gasteiger partial charge in [0.1, 0.15) is 9.79 Å². The van der Waals surface area contributed by atoms with Crippen LogP contribution in [0.25, 0.3) is 0 Å². The summed E-state index contributed by atoms with van der Waals surface area (Å²) in [6.45, 7) is 3.43. The Balaban J connectivity index is 0.00000112. The number of rotatable bonds is 9. The van der Waals surface area contributed by atoms with Crippen LogP contribution < -0.4 is 8.92 Å². The normalized spacial score (nSPS) is 12.0. The van der Waals surface area contributed by atoms with Crippen molar-refractivity contribution in [3.63, 3.8) is 0 Å². The van der Waals surface area contributed by atoms with Crippen molar-refractivity contribution in [3.05, 3.63) is 78.4 Å². The lowest BCUT2D eigenvalue weighted by molar-refractivity contribution is -0.0851. The lowest BCUT2D eigenvalue weighted by Gasteiger charge is -2.12. The Kier molecular flexibility index (Phi) is 10.2. The first-order valence-electron chi connectivity index (χ1n) is 10.1. The molecule has 0 fully saturated rings. The summed E-state index contributed by atoms with van der Waals surface area (Å²) in [7, 11) is -12.3. The monoisotopic (exact) mass is 573 g/mol. The molecule has 3 aromatic carbocycles. The molecule has 0 saturated carbocycles. The van der Waals surface area contributed by atoms with Gasteiger partial charge in [-0.1, -0.05) is 44.6 Å². The fourth-order valence-corrected chi connectivity index (χ4v) is 5.14. The predicted octanol–water partition coefficient (Wildman–Crippen LogP) is 3.26. The topological polar surface area (TPSA) is 172 Å². The van der Waals surface area contributed by atoms with Crippen LogP contribution in [0.4, 0.5) is 0 Å². The van der Waals surface area contributed by atoms with Crippen molar-refractivity contribution in [2.24, 2.45) is 5.16 Å². The Labute approximate surface area is 215 Å². The van der Waals surface area contributed by atoms with Gasteiger partial charge in [0.15, 0.2) is 11.5 Å². The molecule has 0 saturated heterocycles. The van der Waals surface area contributed by atoms with Gasteiger partial charge in [-0.2, -0.15) is 25.3 Å². The molecule has 0 atom stereocenters. The Hall–Kier alpha value is -3.50. The zero-order chi connectivity index (χ0) is 27.7. The van der Waals surface area contributed by atoms with Crippen LogP contribution in [-0.4, -0.2) is 43.8 Å². The number of ether oxygens (including phenoxy) is 1. The summed E-state index contributed by atoms with van der Waals surface area (Å²) in [6.07, 6.45) is 1.31. The second-order valence-electron chi connectivity index (χ2n) is 6.89. The molecule has 0 aromatic heterocycles. The molecule has 0 aliphatic carbocycles. The number of oxime groups is 1. The van der Waals surface area contributed by atoms with E-state index in [9.17, 15) is 25.3 Å². The summed E-state index contributed by atoms with van der Waals surface area (Å²) >= 11 is 0. The van der Waals surface area contributed by atoms with Crippen LogP contribution in [0.3, 0.4) is 0 Å². The third kappa shape index (κ3) is 8.26. The summed E-state index contributed by atoms with van der Waals surface area (Å²) in [6, 6.07) is 15.5. The first kappa shape index (κ1) is 29.7. The number of hydrogen-bond acceptors (Lipinski definition) is 12. The molecule has 1 N–H and O–H groups in total. The van der Waals surface area contributed by atoms with Gasteiger partial charge < -0.3 is 14.1 Å². The highest BCUT2D eigenvalue weighted by Crippen LogP contribution is 2.33. The summed E-state index contributed by atoms with van der Waals surface area (Å²) in [5.74, 6) is -0.559. The van der Waals surface area contributed by atoms with Crippen LogP contribution in [0.15, 0.2) is 92.6 Å². The highest BCUT2D eigenvalue weighted by molar-refractivity contribution is 7.89. The molecule has 0 amide bonds. The maximum absolute atomic E-state index is 12.5. The second kappa shape index (κ2) is 12.6. The fourth-order valence-electron chi connectivity index (χ4n) is 2.48. The van der Waals surface area contributed by atoms with E-state index in [1.807, 2.05) is 0 Å². The Morgan fingerprint density at radius 1 is 0.703 bits per heavy atom. The fraction of sp³-hybridized carbons (Fsp3) is 0.136. The van der Waals surface area contributed by atoms with E-state index in [-0.39, 0.29) is 21.3 Å². The van der Waals surface area contributed by atoms with Crippen LogP contribution in [0, 0.1) is 6.92 Å². The van der Waals surface area contributed by atoms with Crippen LogP contribution in [0.2, 0.25) is 0 Å². The minimum atomic E-state index is -4.74. The Morgan fingerprint density at radius 2 is 1.19 bits per heavy atom. The third-order valence-corrected chi connectivity index (χ3v) is 7.80. The quantitative estimate of drug-likeness (QED) is 0.131. The molecule has 3 aromatic rings. The summed E-state index contributed by atoms with van der Waals surface area (Å²) in [5.41, 5.74) is 0.845. The molecule has 0 heterocycles. The lowest BCUT2D eigenvalue weighted by atomic mass is 10.2. The van der Waals surface area contributed by atoms with Crippen LogP contribution in [0.5, 0.6) is 11.5 Å². The SMILES string of the molecule is CC=NO.COc1cc(S(=O)(=O)OOS(=O)(=O)c2ccccc2)ccc1OS(=O)(=O)c1ccc(C)cc1. The lowest BCUT2D eigenvalue weighted by Crippen LogP contribution is -2.14. The zero-order valence-electron chi connectivity index (χ0n) is 19.7. The molecule has 0 spiro atoms. The highest BCUT2D eigenvalue weighted by Gasteiger charge is 2.26. The largest absolute Gasteiger partial charge is 0.493 e. The number of hydrogen-bond donors (Lipinski definition) is 1. The molecular formula is C22H23NO11S3. The molecule has 0 unspecified atom stereocenters. The maximum atomic E-state index is 12.5. The summed E-state index contributed by atoms with van der Waals surface area (Å²) < 4.78 is 92.5. The van der Waals surface area contributed by atoms with Crippen molar-refractivity contribution >= 4 is 36.6 Å². The van der Waals surface area contributed by atoms with Crippen molar-refractivity contribution in [1.82, 2.24) is 0 Å². The minimum Gasteiger partial charge on any atom is -0.493 e. The molecule has 0 bridgehead atoms. The standard InChI is InChI=1S/C20H18O10S3.C2H5NO/c1-15-8-10-17(11-9-15)31(21,22)28-19-13-12-18(14-20(19)27-2)33(25,26)30-29-32(23,24)16-6-4-3-5-7-16;1-2-3-4/h3-14H,1-2H3;2,4H,1H3. The Morgan fingerprint density at radius 3 is 1.70 bits per heavy atom. The van der Waals surface area contributed by atoms with E-state index in [1.54, 1.807) is 32.0 Å². The maximum Gasteiger partial charge on any atom is 0.339 e. The highest BCUT2D eigenvalue weighted by atomic mass is 32.2. The smallest absolute Gasteiger partial charge is 0.339 e. The van der Waals surface area contributed by atoms with Crippen molar-refractivity contribution in [1.29, 1.82) is 0 Å². The minimum absolute atomic E-state index is 0.116. The Bertz CT molecular complexity index is 1530. The molecule has 0 aliphatic heterocycles. The van der Waals surface area contributed by atoms with E-state index >= 15 is 0 Å². The van der Waals surface area contributed by atoms with Crippen molar-refractivity contribution in [2.75, 3.05) is 7.11 Å². The first-order valence-corrected chi connectivity index (χ1v) is 14.3. The molecule has 3 rings (SSSR count). The zero-order valence-corrected chi connectivity index (χ0v) is 22.2. The van der Waals surface area contributed by atoms with Gasteiger partial charge in [-0.05, 0) is 50.2 Å². The van der Waals surface area contributed by atoms with Gasteiger partial charge in [0.05, 0.1) is 12.0 Å². The number of benzene rings is 3. The van der Waals surface area contributed by atoms with Gasteiger partial charge >= 0.3 is 30.4 Å². The van der Waals surface area contributed by atoms with E-state index in [1.165, 1.54) is 42.6 Å². The van der Waals surface area contributed by atoms with E-state index in [0.29, 0.717) is 0 Å². The molecule has 0 radical (unpaired) electrons. The van der Waals surface area contributed by atoms with Crippen LogP contribution in [0.1, 0.15) is 12.5 Å². The van der Waals surface area contributed by atoms with E-state index in [4.69, 9.17) is 14.1 Å². The molecule has 15 heteroatoms. The number of nitrogens with zero attached hydrogens (tertiary/aromatic N) is 1. The summed E-state index contributed by atoms with van der Waals surface area (Å²) in [5, 5.41) is 10.1. The van der Waals surface area contributed by atoms with Gasteiger partial charge in [-0.25, -0.2) is 0 Å². The van der Waals surface area contributed by atoms with E-state index < -0.39 is 35.2 Å². The van der Waals surface area contributed by atoms with Gasteiger partial charge in [-0.3, -0.25) is 0 Å². The summed E-state index contributed by atoms with van der Waals surface area (Å²) in [4.78, 5) is -1.000. The molecule has 37 heavy (non-hydrogen) atoms. The second-order valence-corrected chi connectivity index (χ2v) is 11.5. The average Bonchev–Trinajstić information content (AvgIpc) is 2.88. The first-order chi connectivity index (χ1) is 17.4. The van der Waals surface area contributed by atoms with Crippen molar-refractivity contribution in [3.8, 4) is 11.5 Å². The van der Waals surface area contributed by atoms with Gasteiger partial charge in [-0.15, -0.1) is 5.16 Å². The average molecular weight is 574 g/mol. The van der Waals surface area contributed by atoms with Crippen molar-refractivity contribution < 1.29 is 48.0 Å². The predicted molar refractivity (Wildman–Crippen MR) is 131 cm³/mol. The third-order valence-electron chi connectivity index (χ3n) is 4.29. The van der Waals surface area contributed by atoms with Gasteiger partial charge in [0, 0.05) is 12.3 Å². The van der Waals surface area contributed by atoms with Crippen LogP contribution >= 0.6 is 0 Å². The molecule has 12 nitrogen and oxygen atoms in total. The number of aryl methyl sites for hydroxylation is 1. The molecule has 0 aliphatic rings. The van der Waals surface area contributed by atoms with Crippen LogP contribution in [-0.2, 0) is 39.0 Å². The van der Waals surface area contributed by atoms with Crippen molar-refractivity contribution in [2.45, 2.75) is 28.5 Å². The van der Waals surface area contributed by atoms with Gasteiger partial charge in [0.25, 0.3) is 0 Å². The van der Waals surface area contributed by atoms with E-state index in [0.717, 1.165) is 30.9 Å². The number of methoxy groups -OCH3 is 1. The molecule has 200 valence electrons. The van der Waals surface area contributed by atoms with Gasteiger partial charge in [0.2, 0.25) is 0 Å². The molecular weight excluding hydrogens is 550 g/mol. The van der Waals surface area contributed by atoms with E-state index in [2.05, 4.69) is 13.8 Å².